The Bertz CT molecular complexity index is 1610. The number of sulfonamides is 1. The average Bonchev–Trinajstić information content (AvgIpc) is 3.87. The van der Waals surface area contributed by atoms with E-state index in [0.717, 1.165) is 18.4 Å². The number of carbonyl (C=O) groups is 4. The lowest BCUT2D eigenvalue weighted by Crippen LogP contribution is -2.55. The van der Waals surface area contributed by atoms with E-state index in [-0.39, 0.29) is 12.3 Å². The minimum absolute atomic E-state index is 0.0824. The summed E-state index contributed by atoms with van der Waals surface area (Å²) in [5.41, 5.74) is 0.533. The molecule has 0 spiro atoms. The molecule has 3 saturated carbocycles. The van der Waals surface area contributed by atoms with Gasteiger partial charge in [0.25, 0.3) is 5.91 Å². The number of amides is 4. The molecule has 0 bridgehead atoms. The van der Waals surface area contributed by atoms with Crippen LogP contribution in [0.25, 0.3) is 5.69 Å². The van der Waals surface area contributed by atoms with Crippen LogP contribution >= 0.6 is 0 Å². The quantitative estimate of drug-likeness (QED) is 0.427. The van der Waals surface area contributed by atoms with E-state index in [1.165, 1.54) is 0 Å². The maximum Gasteiger partial charge on any atom is 0.411 e. The molecule has 4 aliphatic rings. The maximum absolute atomic E-state index is 13.8. The highest BCUT2D eigenvalue weighted by atomic mass is 32.2. The maximum atomic E-state index is 13.8. The van der Waals surface area contributed by atoms with Crippen molar-refractivity contribution in [3.63, 3.8) is 0 Å². The predicted molar refractivity (Wildman–Crippen MR) is 168 cm³/mol. The summed E-state index contributed by atoms with van der Waals surface area (Å²) in [7, 11) is -2.16. The molecule has 1 aromatic heterocycles. The largest absolute Gasteiger partial charge is 0.446 e. The number of aryl methyl sites for hydroxylation is 1. The summed E-state index contributed by atoms with van der Waals surface area (Å²) in [4.78, 5) is 60.1. The van der Waals surface area contributed by atoms with E-state index >= 15 is 0 Å². The van der Waals surface area contributed by atoms with Crippen LogP contribution in [0, 0.1) is 24.7 Å². The predicted octanol–water partition coefficient (Wildman–Crippen LogP) is 3.03. The summed E-state index contributed by atoms with van der Waals surface area (Å²) in [5.74, 6) is -3.13. The van der Waals surface area contributed by atoms with Crippen molar-refractivity contribution in [2.75, 3.05) is 18.9 Å². The van der Waals surface area contributed by atoms with Crippen molar-refractivity contribution in [1.82, 2.24) is 24.5 Å². The first-order chi connectivity index (χ1) is 22.0. The molecule has 4 amide bonds. The molecule has 248 valence electrons. The normalized spacial score (nSPS) is 28.7. The second kappa shape index (κ2) is 12.7. The summed E-state index contributed by atoms with van der Waals surface area (Å²) in [6.45, 7) is 2.45. The first-order valence-electron chi connectivity index (χ1n) is 16.2. The third kappa shape index (κ3) is 6.62. The average molecular weight is 655 g/mol. The monoisotopic (exact) mass is 654 g/mol. The third-order valence-corrected chi connectivity index (χ3v) is 11.7. The number of nitrogens with one attached hydrogen (secondary N) is 3. The van der Waals surface area contributed by atoms with Crippen molar-refractivity contribution in [1.29, 1.82) is 0 Å². The zero-order valence-electron chi connectivity index (χ0n) is 26.2. The molecule has 5 atom stereocenters. The van der Waals surface area contributed by atoms with E-state index in [9.17, 15) is 27.6 Å². The van der Waals surface area contributed by atoms with E-state index in [2.05, 4.69) is 20.3 Å². The van der Waals surface area contributed by atoms with Gasteiger partial charge in [-0.25, -0.2) is 18.2 Å². The van der Waals surface area contributed by atoms with Crippen molar-refractivity contribution in [3.05, 3.63) is 42.5 Å². The number of nitrogens with zero attached hydrogens (tertiary/aromatic N) is 3. The molecule has 14 heteroatoms. The fourth-order valence-corrected chi connectivity index (χ4v) is 8.39. The molecule has 3 N–H and O–H groups in total. The minimum atomic E-state index is -3.91. The molecule has 2 heterocycles. The molecule has 1 saturated heterocycles. The van der Waals surface area contributed by atoms with E-state index in [1.54, 1.807) is 35.2 Å². The van der Waals surface area contributed by atoms with Crippen molar-refractivity contribution >= 4 is 39.5 Å². The van der Waals surface area contributed by atoms with Gasteiger partial charge in [-0.15, -0.1) is 0 Å². The number of ether oxygens (including phenoxy) is 1. The molecule has 0 radical (unpaired) electrons. The lowest BCUT2D eigenvalue weighted by molar-refractivity contribution is -0.141. The number of rotatable bonds is 6. The number of hydrogen-bond acceptors (Lipinski definition) is 8. The molecule has 1 aliphatic heterocycles. The van der Waals surface area contributed by atoms with Gasteiger partial charge in [0.05, 0.1) is 23.0 Å². The molecule has 13 nitrogen and oxygen atoms in total. The van der Waals surface area contributed by atoms with Gasteiger partial charge in [0.15, 0.2) is 0 Å². The van der Waals surface area contributed by atoms with Crippen LogP contribution in [0.5, 0.6) is 0 Å². The summed E-state index contributed by atoms with van der Waals surface area (Å²) in [6.07, 6.45) is 8.85. The summed E-state index contributed by atoms with van der Waals surface area (Å²) >= 11 is 0. The Morgan fingerprint density at radius 2 is 1.83 bits per heavy atom. The molecule has 46 heavy (non-hydrogen) atoms. The number of carbonyl (C=O) groups excluding carboxylic acids is 4. The van der Waals surface area contributed by atoms with Gasteiger partial charge in [-0.05, 0) is 76.0 Å². The molecule has 6 rings (SSSR count). The Labute approximate surface area is 268 Å². The zero-order chi connectivity index (χ0) is 32.6. The highest BCUT2D eigenvalue weighted by Crippen LogP contribution is 2.50. The van der Waals surface area contributed by atoms with Gasteiger partial charge in [0, 0.05) is 43.7 Å². The first kappa shape index (κ1) is 32.0. The van der Waals surface area contributed by atoms with Crippen LogP contribution < -0.4 is 15.4 Å². The SMILES string of the molecule is Cc1ccc(-n2ccnc2)c(NC(=O)OC2CCCCCN(C)C(=O)C3CCCC3C(=O)NC3(C(=O)NS(=O)(=O)C4CC4)CC23)c1. The fraction of sp³-hybridized carbons (Fsp3) is 0.594. The molecule has 2 aromatic rings. The van der Waals surface area contributed by atoms with Gasteiger partial charge in [0.2, 0.25) is 21.8 Å². The summed E-state index contributed by atoms with van der Waals surface area (Å²) in [5, 5.41) is 5.10. The highest BCUT2D eigenvalue weighted by molar-refractivity contribution is 7.91. The summed E-state index contributed by atoms with van der Waals surface area (Å²) in [6, 6.07) is 5.59. The van der Waals surface area contributed by atoms with Crippen molar-refractivity contribution in [3.8, 4) is 5.69 Å². The van der Waals surface area contributed by atoms with Crippen LogP contribution in [0.1, 0.15) is 69.8 Å². The van der Waals surface area contributed by atoms with Gasteiger partial charge < -0.3 is 19.5 Å². The van der Waals surface area contributed by atoms with Gasteiger partial charge >= 0.3 is 6.09 Å². The van der Waals surface area contributed by atoms with Crippen LogP contribution in [-0.4, -0.2) is 77.2 Å². The number of hydrogen-bond donors (Lipinski definition) is 3. The number of aromatic nitrogens is 2. The van der Waals surface area contributed by atoms with E-state index < -0.39 is 62.6 Å². The Kier molecular flexibility index (Phi) is 8.83. The van der Waals surface area contributed by atoms with Crippen LogP contribution in [0.2, 0.25) is 0 Å². The standard InChI is InChI=1S/C32H42N6O7S/c1-20-10-13-26(38-16-14-33-19-38)25(17-20)34-31(42)45-27-9-4-3-5-15-37(2)29(40)23-8-6-7-22(23)28(39)35-32(18-24(27)32)30(41)36-46(43,44)21-11-12-21/h10,13-14,16-17,19,21-24,27H,3-9,11-12,15,18H2,1-2H3,(H,34,42)(H,35,39)(H,36,41). The van der Waals surface area contributed by atoms with Gasteiger partial charge in [-0.1, -0.05) is 18.9 Å². The fourth-order valence-electron chi connectivity index (χ4n) is 7.02. The Balaban J connectivity index is 1.27. The third-order valence-electron chi connectivity index (χ3n) is 9.87. The molecule has 5 unspecified atom stereocenters. The van der Waals surface area contributed by atoms with Crippen LogP contribution in [0.4, 0.5) is 10.5 Å². The zero-order valence-corrected chi connectivity index (χ0v) is 27.1. The number of anilines is 1. The molecule has 3 aliphatic carbocycles. The van der Waals surface area contributed by atoms with Crippen molar-refractivity contribution in [2.24, 2.45) is 17.8 Å². The Morgan fingerprint density at radius 1 is 1.04 bits per heavy atom. The van der Waals surface area contributed by atoms with Crippen molar-refractivity contribution < 1.29 is 32.3 Å². The minimum Gasteiger partial charge on any atom is -0.446 e. The molecular weight excluding hydrogens is 612 g/mol. The van der Waals surface area contributed by atoms with E-state index in [4.69, 9.17) is 4.74 Å². The van der Waals surface area contributed by atoms with Gasteiger partial charge in [-0.2, -0.15) is 0 Å². The topological polar surface area (TPSA) is 169 Å². The van der Waals surface area contributed by atoms with Gasteiger partial charge in [-0.3, -0.25) is 24.4 Å². The second-order valence-corrected chi connectivity index (χ2v) is 15.2. The molecule has 1 aromatic carbocycles. The Hall–Kier alpha value is -3.94. The lowest BCUT2D eigenvalue weighted by Gasteiger charge is -2.28. The second-order valence-electron chi connectivity index (χ2n) is 13.3. The molecule has 4 fully saturated rings. The number of benzene rings is 1. The highest BCUT2D eigenvalue weighted by Gasteiger charge is 2.66. The van der Waals surface area contributed by atoms with Crippen LogP contribution in [0.15, 0.2) is 36.9 Å². The number of imidazole rings is 1. The van der Waals surface area contributed by atoms with E-state index in [1.807, 2.05) is 25.1 Å². The molecular formula is C32H42N6O7S. The van der Waals surface area contributed by atoms with E-state index in [0.29, 0.717) is 62.9 Å². The smallest absolute Gasteiger partial charge is 0.411 e. The van der Waals surface area contributed by atoms with Gasteiger partial charge in [0.1, 0.15) is 11.6 Å². The van der Waals surface area contributed by atoms with Crippen LogP contribution in [0.3, 0.4) is 0 Å². The van der Waals surface area contributed by atoms with Crippen molar-refractivity contribution in [2.45, 2.75) is 88.0 Å². The number of fused-ring (bicyclic) bond motifs is 2. The van der Waals surface area contributed by atoms with Crippen LogP contribution in [-0.2, 0) is 29.1 Å². The lowest BCUT2D eigenvalue weighted by atomic mass is 9.92. The summed E-state index contributed by atoms with van der Waals surface area (Å²) < 4.78 is 35.7. The Morgan fingerprint density at radius 3 is 2.57 bits per heavy atom. The first-order valence-corrected chi connectivity index (χ1v) is 17.7.